The Bertz CT molecular complexity index is 1210. The van der Waals surface area contributed by atoms with E-state index in [0.29, 0.717) is 23.1 Å². The van der Waals surface area contributed by atoms with Crippen molar-refractivity contribution in [2.24, 2.45) is 0 Å². The molecule has 7 heteroatoms. The molecule has 0 saturated heterocycles. The van der Waals surface area contributed by atoms with E-state index in [-0.39, 0.29) is 11.4 Å². The number of nitro benzene ring substituents is 1. The van der Waals surface area contributed by atoms with E-state index in [2.05, 4.69) is 4.98 Å². The van der Waals surface area contributed by atoms with Crippen molar-refractivity contribution in [3.05, 3.63) is 91.0 Å². The molecular formula is C20H15N3O3S. The minimum Gasteiger partial charge on any atom is -0.287 e. The molecule has 0 radical (unpaired) electrons. The number of non-ortho nitro benzene ring substituents is 1. The van der Waals surface area contributed by atoms with Crippen LogP contribution >= 0.6 is 11.3 Å². The van der Waals surface area contributed by atoms with E-state index in [1.807, 2.05) is 49.4 Å². The van der Waals surface area contributed by atoms with Gasteiger partial charge in [-0.2, -0.15) is 4.98 Å². The smallest absolute Gasteiger partial charge is 0.287 e. The molecule has 0 atom stereocenters. The fourth-order valence-electron chi connectivity index (χ4n) is 3.08. The van der Waals surface area contributed by atoms with Gasteiger partial charge in [-0.25, -0.2) is 4.79 Å². The Kier molecular flexibility index (Phi) is 4.29. The first-order valence-electron chi connectivity index (χ1n) is 8.32. The summed E-state index contributed by atoms with van der Waals surface area (Å²) in [5.74, 6) is 0. The van der Waals surface area contributed by atoms with E-state index in [4.69, 9.17) is 0 Å². The van der Waals surface area contributed by atoms with E-state index in [1.165, 1.54) is 12.1 Å². The van der Waals surface area contributed by atoms with Crippen molar-refractivity contribution < 1.29 is 4.92 Å². The van der Waals surface area contributed by atoms with Crippen molar-refractivity contribution in [3.63, 3.8) is 0 Å². The topological polar surface area (TPSA) is 78.0 Å². The Balaban J connectivity index is 1.99. The number of aromatic nitrogens is 2. The van der Waals surface area contributed by atoms with E-state index >= 15 is 0 Å². The van der Waals surface area contributed by atoms with Gasteiger partial charge in [0, 0.05) is 32.8 Å². The molecule has 0 saturated carbocycles. The molecule has 2 aromatic carbocycles. The zero-order valence-corrected chi connectivity index (χ0v) is 15.3. The highest BCUT2D eigenvalue weighted by molar-refractivity contribution is 7.11. The average Bonchev–Trinajstić information content (AvgIpc) is 3.09. The normalized spacial score (nSPS) is 11.0. The summed E-state index contributed by atoms with van der Waals surface area (Å²) in [7, 11) is 0. The monoisotopic (exact) mass is 377 g/mol. The zero-order valence-electron chi connectivity index (χ0n) is 14.5. The second-order valence-corrected chi connectivity index (χ2v) is 7.54. The van der Waals surface area contributed by atoms with Gasteiger partial charge in [0.25, 0.3) is 5.69 Å². The lowest BCUT2D eigenvalue weighted by Gasteiger charge is -2.12. The highest BCUT2D eigenvalue weighted by Gasteiger charge is 2.16. The van der Waals surface area contributed by atoms with Crippen LogP contribution < -0.4 is 5.69 Å². The minimum absolute atomic E-state index is 0.0290. The Labute approximate surface area is 158 Å². The Morgan fingerprint density at radius 1 is 1.11 bits per heavy atom. The quantitative estimate of drug-likeness (QED) is 0.390. The molecule has 6 nitrogen and oxygen atoms in total. The molecule has 0 unspecified atom stereocenters. The van der Waals surface area contributed by atoms with Gasteiger partial charge >= 0.3 is 5.69 Å². The first-order valence-corrected chi connectivity index (χ1v) is 9.14. The molecule has 0 aliphatic carbocycles. The SMILES string of the molecule is Cc1ccc(Cn2c(=O)nc(-c3ccccc3)c3cc([N+](=O)[O-])ccc32)s1. The van der Waals surface area contributed by atoms with Crippen LogP contribution in [0.3, 0.4) is 0 Å². The highest BCUT2D eigenvalue weighted by atomic mass is 32.1. The second-order valence-electron chi connectivity index (χ2n) is 6.17. The van der Waals surface area contributed by atoms with Crippen molar-refractivity contribution in [2.45, 2.75) is 13.5 Å². The Hall–Kier alpha value is -3.32. The van der Waals surface area contributed by atoms with Crippen LogP contribution in [0.1, 0.15) is 9.75 Å². The summed E-state index contributed by atoms with van der Waals surface area (Å²) < 4.78 is 1.57. The lowest BCUT2D eigenvalue weighted by molar-refractivity contribution is -0.384. The molecule has 0 aliphatic rings. The fourth-order valence-corrected chi connectivity index (χ4v) is 3.96. The number of benzene rings is 2. The number of nitro groups is 1. The van der Waals surface area contributed by atoms with E-state index < -0.39 is 4.92 Å². The van der Waals surface area contributed by atoms with Crippen LogP contribution in [-0.2, 0) is 6.54 Å². The summed E-state index contributed by atoms with van der Waals surface area (Å²) in [5, 5.41) is 11.8. The summed E-state index contributed by atoms with van der Waals surface area (Å²) >= 11 is 1.61. The summed E-state index contributed by atoms with van der Waals surface area (Å²) in [6, 6.07) is 17.8. The highest BCUT2D eigenvalue weighted by Crippen LogP contribution is 2.29. The predicted octanol–water partition coefficient (Wildman–Crippen LogP) is 4.39. The average molecular weight is 377 g/mol. The van der Waals surface area contributed by atoms with Gasteiger partial charge in [0.05, 0.1) is 22.7 Å². The van der Waals surface area contributed by atoms with Gasteiger partial charge in [-0.1, -0.05) is 30.3 Å². The standard InChI is InChI=1S/C20H15N3O3S/c1-13-7-9-16(27-13)12-22-18-10-8-15(23(25)26)11-17(18)19(21-20(22)24)14-5-3-2-4-6-14/h2-11H,12H2,1H3. The maximum atomic E-state index is 12.8. The number of rotatable bonds is 4. The van der Waals surface area contributed by atoms with Gasteiger partial charge in [-0.3, -0.25) is 14.7 Å². The van der Waals surface area contributed by atoms with Crippen LogP contribution in [0, 0.1) is 17.0 Å². The van der Waals surface area contributed by atoms with Crippen molar-refractivity contribution in [3.8, 4) is 11.3 Å². The molecule has 4 rings (SSSR count). The van der Waals surface area contributed by atoms with Crippen LogP contribution in [0.4, 0.5) is 5.69 Å². The van der Waals surface area contributed by atoms with Gasteiger partial charge < -0.3 is 0 Å². The molecule has 0 N–H and O–H groups in total. The lowest BCUT2D eigenvalue weighted by Crippen LogP contribution is -2.24. The van der Waals surface area contributed by atoms with Crippen LogP contribution in [0.5, 0.6) is 0 Å². The van der Waals surface area contributed by atoms with Gasteiger partial charge in [0.15, 0.2) is 0 Å². The molecule has 0 fully saturated rings. The number of fused-ring (bicyclic) bond motifs is 1. The van der Waals surface area contributed by atoms with Gasteiger partial charge in [-0.05, 0) is 25.1 Å². The third kappa shape index (κ3) is 3.24. The van der Waals surface area contributed by atoms with Crippen molar-refractivity contribution in [2.75, 3.05) is 0 Å². The summed E-state index contributed by atoms with van der Waals surface area (Å²) in [6.07, 6.45) is 0. The molecule has 2 aromatic heterocycles. The first kappa shape index (κ1) is 17.1. The minimum atomic E-state index is -0.438. The third-order valence-electron chi connectivity index (χ3n) is 4.33. The number of thiophene rings is 1. The summed E-state index contributed by atoms with van der Waals surface area (Å²) in [4.78, 5) is 30.1. The zero-order chi connectivity index (χ0) is 19.0. The van der Waals surface area contributed by atoms with Gasteiger partial charge in [0.2, 0.25) is 0 Å². The second kappa shape index (κ2) is 6.77. The lowest BCUT2D eigenvalue weighted by atomic mass is 10.1. The molecule has 27 heavy (non-hydrogen) atoms. The van der Waals surface area contributed by atoms with Gasteiger partial charge in [-0.15, -0.1) is 11.3 Å². The maximum Gasteiger partial charge on any atom is 0.348 e. The molecule has 0 amide bonds. The number of hydrogen-bond acceptors (Lipinski definition) is 5. The molecule has 134 valence electrons. The fraction of sp³-hybridized carbons (Fsp3) is 0.100. The number of nitrogens with zero attached hydrogens (tertiary/aromatic N) is 3. The molecule has 4 aromatic rings. The number of hydrogen-bond donors (Lipinski definition) is 0. The summed E-state index contributed by atoms with van der Waals surface area (Å²) in [5.41, 5.74) is 1.43. The van der Waals surface area contributed by atoms with Crippen molar-refractivity contribution in [1.82, 2.24) is 9.55 Å². The summed E-state index contributed by atoms with van der Waals surface area (Å²) in [6.45, 7) is 2.39. The van der Waals surface area contributed by atoms with E-state index in [9.17, 15) is 14.9 Å². The molecule has 2 heterocycles. The van der Waals surface area contributed by atoms with Crippen LogP contribution in [0.15, 0.2) is 65.5 Å². The molecule has 0 bridgehead atoms. The van der Waals surface area contributed by atoms with Crippen LogP contribution in [0.25, 0.3) is 22.2 Å². The van der Waals surface area contributed by atoms with Crippen LogP contribution in [-0.4, -0.2) is 14.5 Å². The van der Waals surface area contributed by atoms with Gasteiger partial charge in [0.1, 0.15) is 0 Å². The third-order valence-corrected chi connectivity index (χ3v) is 5.32. The molecule has 0 spiro atoms. The van der Waals surface area contributed by atoms with Crippen molar-refractivity contribution in [1.29, 1.82) is 0 Å². The Morgan fingerprint density at radius 3 is 2.56 bits per heavy atom. The molecular weight excluding hydrogens is 362 g/mol. The van der Waals surface area contributed by atoms with E-state index in [0.717, 1.165) is 15.3 Å². The van der Waals surface area contributed by atoms with E-state index in [1.54, 1.807) is 22.0 Å². The largest absolute Gasteiger partial charge is 0.348 e. The first-order chi connectivity index (χ1) is 13.0. The maximum absolute atomic E-state index is 12.8. The van der Waals surface area contributed by atoms with Crippen LogP contribution in [0.2, 0.25) is 0 Å². The number of aryl methyl sites for hydroxylation is 1. The van der Waals surface area contributed by atoms with Crippen molar-refractivity contribution >= 4 is 27.9 Å². The Morgan fingerprint density at radius 2 is 1.89 bits per heavy atom. The predicted molar refractivity (Wildman–Crippen MR) is 106 cm³/mol. The molecule has 0 aliphatic heterocycles.